The van der Waals surface area contributed by atoms with E-state index in [0.717, 1.165) is 18.7 Å². The molecule has 0 amide bonds. The van der Waals surface area contributed by atoms with E-state index in [-0.39, 0.29) is 11.4 Å². The maximum atomic E-state index is 13.5. The molecule has 0 aliphatic carbocycles. The van der Waals surface area contributed by atoms with Gasteiger partial charge in [-0.15, -0.1) is 0 Å². The third-order valence-corrected chi connectivity index (χ3v) is 3.47. The Bertz CT molecular complexity index is 372. The van der Waals surface area contributed by atoms with Crippen molar-refractivity contribution in [1.82, 2.24) is 10.2 Å². The monoisotopic (exact) mass is 236 g/mol. The first kappa shape index (κ1) is 12.5. The van der Waals surface area contributed by atoms with Crippen LogP contribution in [0.1, 0.15) is 25.3 Å². The molecule has 0 bridgehead atoms. The number of benzene rings is 1. The van der Waals surface area contributed by atoms with E-state index in [1.54, 1.807) is 6.07 Å². The summed E-state index contributed by atoms with van der Waals surface area (Å²) in [5.74, 6) is -0.108. The first-order valence-corrected chi connectivity index (χ1v) is 6.26. The molecule has 1 aromatic rings. The highest BCUT2D eigenvalue weighted by molar-refractivity contribution is 5.17. The molecule has 1 fully saturated rings. The fraction of sp³-hybridized carbons (Fsp3) is 0.571. The third kappa shape index (κ3) is 3.27. The summed E-state index contributed by atoms with van der Waals surface area (Å²) >= 11 is 0. The van der Waals surface area contributed by atoms with Crippen molar-refractivity contribution in [2.45, 2.75) is 31.8 Å². The molecule has 3 heteroatoms. The number of likely N-dealkylation sites (N-methyl/N-ethyl adjacent to an activating group) is 1. The van der Waals surface area contributed by atoms with Crippen LogP contribution < -0.4 is 5.32 Å². The SMILES string of the molecule is CN(Cc1ccccc1F)CC1(C)CCCN1. The van der Waals surface area contributed by atoms with E-state index in [0.29, 0.717) is 6.54 Å². The molecule has 1 heterocycles. The van der Waals surface area contributed by atoms with Crippen LogP contribution in [0.15, 0.2) is 24.3 Å². The van der Waals surface area contributed by atoms with Gasteiger partial charge in [0.05, 0.1) is 0 Å². The molecule has 0 radical (unpaired) electrons. The van der Waals surface area contributed by atoms with E-state index in [1.807, 2.05) is 12.1 Å². The lowest BCUT2D eigenvalue weighted by Crippen LogP contribution is -2.46. The van der Waals surface area contributed by atoms with E-state index in [4.69, 9.17) is 0 Å². The standard InChI is InChI=1S/C14H21FN2/c1-14(8-5-9-16-14)11-17(2)10-12-6-3-4-7-13(12)15/h3-4,6-7,16H,5,8-11H2,1-2H3. The summed E-state index contributed by atoms with van der Waals surface area (Å²) in [5.41, 5.74) is 0.969. The Kier molecular flexibility index (Phi) is 3.79. The molecule has 1 atom stereocenters. The fourth-order valence-electron chi connectivity index (χ4n) is 2.66. The Morgan fingerprint density at radius 3 is 2.82 bits per heavy atom. The molecule has 2 rings (SSSR count). The van der Waals surface area contributed by atoms with Crippen molar-refractivity contribution in [1.29, 1.82) is 0 Å². The molecule has 1 N–H and O–H groups in total. The van der Waals surface area contributed by atoms with Crippen LogP contribution >= 0.6 is 0 Å². The average molecular weight is 236 g/mol. The third-order valence-electron chi connectivity index (χ3n) is 3.47. The van der Waals surface area contributed by atoms with Crippen LogP contribution in [0.5, 0.6) is 0 Å². The molecule has 2 nitrogen and oxygen atoms in total. The smallest absolute Gasteiger partial charge is 0.127 e. The Hall–Kier alpha value is -0.930. The second-order valence-electron chi connectivity index (χ2n) is 5.35. The van der Waals surface area contributed by atoms with Gasteiger partial charge in [0.2, 0.25) is 0 Å². The van der Waals surface area contributed by atoms with Gasteiger partial charge in [0, 0.05) is 24.2 Å². The molecular formula is C14H21FN2. The second-order valence-corrected chi connectivity index (χ2v) is 5.35. The van der Waals surface area contributed by atoms with E-state index >= 15 is 0 Å². The minimum absolute atomic E-state index is 0.108. The molecule has 1 aromatic carbocycles. The Balaban J connectivity index is 1.93. The van der Waals surface area contributed by atoms with Gasteiger partial charge in [-0.1, -0.05) is 18.2 Å². The molecule has 1 aliphatic rings. The highest BCUT2D eigenvalue weighted by Gasteiger charge is 2.29. The van der Waals surface area contributed by atoms with Crippen LogP contribution in [-0.4, -0.2) is 30.6 Å². The molecular weight excluding hydrogens is 215 g/mol. The van der Waals surface area contributed by atoms with E-state index in [9.17, 15) is 4.39 Å². The maximum absolute atomic E-state index is 13.5. The fourth-order valence-corrected chi connectivity index (χ4v) is 2.66. The lowest BCUT2D eigenvalue weighted by Gasteiger charge is -2.30. The number of nitrogens with zero attached hydrogens (tertiary/aromatic N) is 1. The van der Waals surface area contributed by atoms with E-state index < -0.39 is 0 Å². The van der Waals surface area contributed by atoms with Crippen LogP contribution in [0.25, 0.3) is 0 Å². The van der Waals surface area contributed by atoms with Crippen molar-refractivity contribution in [2.75, 3.05) is 20.1 Å². The number of rotatable bonds is 4. The van der Waals surface area contributed by atoms with Crippen molar-refractivity contribution < 1.29 is 4.39 Å². The zero-order valence-electron chi connectivity index (χ0n) is 10.7. The predicted molar refractivity (Wildman–Crippen MR) is 68.4 cm³/mol. The highest BCUT2D eigenvalue weighted by atomic mass is 19.1. The van der Waals surface area contributed by atoms with Crippen LogP contribution in [0, 0.1) is 5.82 Å². The number of nitrogens with one attached hydrogen (secondary N) is 1. The van der Waals surface area contributed by atoms with Crippen LogP contribution in [0.4, 0.5) is 4.39 Å². The van der Waals surface area contributed by atoms with Crippen molar-refractivity contribution in [3.63, 3.8) is 0 Å². The Morgan fingerprint density at radius 1 is 1.41 bits per heavy atom. The lowest BCUT2D eigenvalue weighted by molar-refractivity contribution is 0.231. The summed E-state index contributed by atoms with van der Waals surface area (Å²) in [6.07, 6.45) is 2.44. The topological polar surface area (TPSA) is 15.3 Å². The quantitative estimate of drug-likeness (QED) is 0.863. The number of halogens is 1. The predicted octanol–water partition coefficient (Wildman–Crippen LogP) is 2.40. The van der Waals surface area contributed by atoms with Crippen molar-refractivity contribution >= 4 is 0 Å². The van der Waals surface area contributed by atoms with Crippen molar-refractivity contribution in [2.24, 2.45) is 0 Å². The largest absolute Gasteiger partial charge is 0.310 e. The van der Waals surface area contributed by atoms with Gasteiger partial charge in [-0.2, -0.15) is 0 Å². The molecule has 0 spiro atoms. The van der Waals surface area contributed by atoms with Gasteiger partial charge in [0.1, 0.15) is 5.82 Å². The van der Waals surface area contributed by atoms with Gasteiger partial charge in [0.25, 0.3) is 0 Å². The maximum Gasteiger partial charge on any atom is 0.127 e. The Morgan fingerprint density at radius 2 is 2.18 bits per heavy atom. The lowest BCUT2D eigenvalue weighted by atomic mass is 9.99. The summed E-state index contributed by atoms with van der Waals surface area (Å²) in [6, 6.07) is 7.01. The molecule has 0 saturated carbocycles. The molecule has 0 aromatic heterocycles. The molecule has 1 aliphatic heterocycles. The van der Waals surface area contributed by atoms with Gasteiger partial charge in [0.15, 0.2) is 0 Å². The van der Waals surface area contributed by atoms with Gasteiger partial charge in [-0.3, -0.25) is 0 Å². The zero-order chi connectivity index (χ0) is 12.3. The first-order valence-electron chi connectivity index (χ1n) is 6.26. The van der Waals surface area contributed by atoms with Gasteiger partial charge in [-0.05, 0) is 39.4 Å². The number of hydrogen-bond donors (Lipinski definition) is 1. The molecule has 94 valence electrons. The van der Waals surface area contributed by atoms with E-state index in [1.165, 1.54) is 18.9 Å². The Labute approximate surface area is 103 Å². The summed E-state index contributed by atoms with van der Waals surface area (Å²) in [4.78, 5) is 2.19. The summed E-state index contributed by atoms with van der Waals surface area (Å²) in [5, 5.41) is 3.53. The van der Waals surface area contributed by atoms with E-state index in [2.05, 4.69) is 24.2 Å². The van der Waals surface area contributed by atoms with Gasteiger partial charge < -0.3 is 10.2 Å². The number of hydrogen-bond acceptors (Lipinski definition) is 2. The van der Waals surface area contributed by atoms with Crippen molar-refractivity contribution in [3.05, 3.63) is 35.6 Å². The minimum atomic E-state index is -0.108. The molecule has 1 saturated heterocycles. The summed E-state index contributed by atoms with van der Waals surface area (Å²) in [7, 11) is 2.05. The van der Waals surface area contributed by atoms with Gasteiger partial charge >= 0.3 is 0 Å². The highest BCUT2D eigenvalue weighted by Crippen LogP contribution is 2.20. The van der Waals surface area contributed by atoms with Gasteiger partial charge in [-0.25, -0.2) is 4.39 Å². The minimum Gasteiger partial charge on any atom is -0.310 e. The summed E-state index contributed by atoms with van der Waals surface area (Å²) in [6.45, 7) is 4.98. The van der Waals surface area contributed by atoms with Crippen LogP contribution in [-0.2, 0) is 6.54 Å². The first-order chi connectivity index (χ1) is 8.09. The van der Waals surface area contributed by atoms with Crippen LogP contribution in [0.2, 0.25) is 0 Å². The zero-order valence-corrected chi connectivity index (χ0v) is 10.7. The molecule has 1 unspecified atom stereocenters. The molecule has 17 heavy (non-hydrogen) atoms. The second kappa shape index (κ2) is 5.15. The summed E-state index contributed by atoms with van der Waals surface area (Å²) < 4.78 is 13.5. The normalized spacial score (nSPS) is 24.5. The van der Waals surface area contributed by atoms with Crippen molar-refractivity contribution in [3.8, 4) is 0 Å². The van der Waals surface area contributed by atoms with Crippen LogP contribution in [0.3, 0.4) is 0 Å². The average Bonchev–Trinajstić information content (AvgIpc) is 2.68.